The van der Waals surface area contributed by atoms with Gasteiger partial charge in [0, 0.05) is 43.5 Å². The molecular formula is C22H26ClN7O5S. The first kappa shape index (κ1) is 25.7. The number of nitrogens with zero attached hydrogens (tertiary/aromatic N) is 5. The minimum Gasteiger partial charge on any atom is -0.477 e. The third-order valence-corrected chi connectivity index (χ3v) is 6.86. The van der Waals surface area contributed by atoms with Gasteiger partial charge in [0.05, 0.1) is 29.2 Å². The molecule has 192 valence electrons. The van der Waals surface area contributed by atoms with Crippen LogP contribution in [0.15, 0.2) is 30.5 Å². The van der Waals surface area contributed by atoms with Gasteiger partial charge in [-0.15, -0.1) is 0 Å². The van der Waals surface area contributed by atoms with Gasteiger partial charge in [-0.3, -0.25) is 9.52 Å². The summed E-state index contributed by atoms with van der Waals surface area (Å²) in [5.74, 6) is -1.30. The second-order valence-corrected chi connectivity index (χ2v) is 11.0. The maximum absolute atomic E-state index is 13.3. The van der Waals surface area contributed by atoms with E-state index < -0.39 is 27.9 Å². The predicted octanol–water partition coefficient (Wildman–Crippen LogP) is 1.82. The maximum Gasteiger partial charge on any atom is 0.341 e. The zero-order valence-electron chi connectivity index (χ0n) is 19.8. The van der Waals surface area contributed by atoms with Gasteiger partial charge in [-0.1, -0.05) is 11.6 Å². The molecule has 12 nitrogen and oxygen atoms in total. The fraction of sp³-hybridized carbons (Fsp3) is 0.364. The lowest BCUT2D eigenvalue weighted by molar-refractivity contribution is 0.0695. The smallest absolute Gasteiger partial charge is 0.341 e. The van der Waals surface area contributed by atoms with Crippen LogP contribution in [0.5, 0.6) is 0 Å². The second kappa shape index (κ2) is 9.56. The summed E-state index contributed by atoms with van der Waals surface area (Å²) in [5, 5.41) is 14.5. The van der Waals surface area contributed by atoms with Gasteiger partial charge in [-0.05, 0) is 31.5 Å². The Labute approximate surface area is 212 Å². The Bertz CT molecular complexity index is 1460. The van der Waals surface area contributed by atoms with E-state index in [1.807, 2.05) is 4.90 Å². The summed E-state index contributed by atoms with van der Waals surface area (Å²) >= 11 is 6.07. The van der Waals surface area contributed by atoms with Crippen molar-refractivity contribution in [3.8, 4) is 0 Å². The molecule has 2 atom stereocenters. The van der Waals surface area contributed by atoms with Crippen LogP contribution < -0.4 is 15.4 Å². The number of halogens is 1. The molecule has 4 rings (SSSR count). The minimum atomic E-state index is -3.63. The number of carbonyl (C=O) groups excluding carboxylic acids is 1. The molecule has 1 fully saturated rings. The average Bonchev–Trinajstić information content (AvgIpc) is 3.42. The van der Waals surface area contributed by atoms with Crippen LogP contribution >= 0.6 is 11.6 Å². The van der Waals surface area contributed by atoms with Crippen LogP contribution in [0, 0.1) is 0 Å². The van der Waals surface area contributed by atoms with Crippen molar-refractivity contribution in [2.75, 3.05) is 36.0 Å². The number of aromatic nitrogens is 3. The number of fused-ring (bicyclic) bond motifs is 1. The highest BCUT2D eigenvalue weighted by molar-refractivity contribution is 7.92. The quantitative estimate of drug-likeness (QED) is 0.409. The van der Waals surface area contributed by atoms with Crippen molar-refractivity contribution < 1.29 is 23.1 Å². The molecule has 1 aromatic carbocycles. The lowest BCUT2D eigenvalue weighted by atomic mass is 10.1. The standard InChI is InChI=1S/C22H26ClN7O5S/c1-12(28(2)21(31)15-8-13(23)4-5-17(15)27-36(3,34)35)18-9-19-25-20(29-7-6-14(24)10-29)16(22(32)33)11-30(19)26-18/h4-5,8-9,11-12,14,27H,6-7,10,24H2,1-3H3,(H,32,33)/t12-,14-/m0/s1. The molecule has 14 heteroatoms. The molecule has 3 aromatic rings. The third-order valence-electron chi connectivity index (χ3n) is 6.04. The number of hydrogen-bond acceptors (Lipinski definition) is 8. The summed E-state index contributed by atoms with van der Waals surface area (Å²) < 4.78 is 27.2. The number of carboxylic acid groups (broad SMARTS) is 1. The number of carboxylic acids is 1. The summed E-state index contributed by atoms with van der Waals surface area (Å²) in [7, 11) is -2.08. The zero-order valence-corrected chi connectivity index (χ0v) is 21.4. The molecule has 1 aliphatic heterocycles. The van der Waals surface area contributed by atoms with E-state index in [0.717, 1.165) is 12.7 Å². The number of benzene rings is 1. The third kappa shape index (κ3) is 5.22. The van der Waals surface area contributed by atoms with Crippen LogP contribution in [0.4, 0.5) is 11.5 Å². The van der Waals surface area contributed by atoms with E-state index in [2.05, 4.69) is 14.8 Å². The zero-order chi connectivity index (χ0) is 26.4. The summed E-state index contributed by atoms with van der Waals surface area (Å²) in [4.78, 5) is 33.0. The maximum atomic E-state index is 13.3. The molecule has 0 bridgehead atoms. The number of anilines is 2. The SMILES string of the molecule is C[C@@H](c1cc2nc(N3CC[C@H](N)C3)c(C(=O)O)cn2n1)N(C)C(=O)c1cc(Cl)ccc1NS(C)(=O)=O. The van der Waals surface area contributed by atoms with Crippen LogP contribution in [0.25, 0.3) is 5.65 Å². The molecule has 2 aromatic heterocycles. The van der Waals surface area contributed by atoms with Crippen molar-refractivity contribution in [3.05, 3.63) is 52.3 Å². The Balaban J connectivity index is 1.67. The van der Waals surface area contributed by atoms with Crippen molar-refractivity contribution in [2.45, 2.75) is 25.4 Å². The molecule has 0 saturated carbocycles. The molecule has 0 unspecified atom stereocenters. The van der Waals surface area contributed by atoms with E-state index >= 15 is 0 Å². The van der Waals surface area contributed by atoms with Gasteiger partial charge < -0.3 is 20.6 Å². The van der Waals surface area contributed by atoms with E-state index in [1.54, 1.807) is 20.0 Å². The number of aromatic carboxylic acids is 1. The van der Waals surface area contributed by atoms with Gasteiger partial charge in [0.1, 0.15) is 11.4 Å². The number of sulfonamides is 1. The number of amides is 1. The first-order valence-corrected chi connectivity index (χ1v) is 13.3. The van der Waals surface area contributed by atoms with Crippen LogP contribution in [-0.2, 0) is 10.0 Å². The Morgan fingerprint density at radius 3 is 2.64 bits per heavy atom. The molecular weight excluding hydrogens is 510 g/mol. The molecule has 1 aliphatic rings. The molecule has 0 aliphatic carbocycles. The molecule has 3 heterocycles. The highest BCUT2D eigenvalue weighted by atomic mass is 35.5. The molecule has 0 radical (unpaired) electrons. The summed E-state index contributed by atoms with van der Waals surface area (Å²) in [5.41, 5.74) is 7.04. The monoisotopic (exact) mass is 535 g/mol. The van der Waals surface area contributed by atoms with Gasteiger partial charge in [0.15, 0.2) is 5.65 Å². The summed E-state index contributed by atoms with van der Waals surface area (Å²) in [6, 6.07) is 5.34. The van der Waals surface area contributed by atoms with Crippen LogP contribution in [-0.4, -0.2) is 77.3 Å². The van der Waals surface area contributed by atoms with Crippen LogP contribution in [0.1, 0.15) is 45.8 Å². The molecule has 4 N–H and O–H groups in total. The largest absolute Gasteiger partial charge is 0.477 e. The lowest BCUT2D eigenvalue weighted by Gasteiger charge is -2.24. The highest BCUT2D eigenvalue weighted by Gasteiger charge is 2.28. The van der Waals surface area contributed by atoms with E-state index in [0.29, 0.717) is 30.2 Å². The van der Waals surface area contributed by atoms with Crippen molar-refractivity contribution >= 4 is 50.7 Å². The summed E-state index contributed by atoms with van der Waals surface area (Å²) in [6.45, 7) is 2.84. The first-order valence-electron chi connectivity index (χ1n) is 11.0. The van der Waals surface area contributed by atoms with Gasteiger partial charge in [-0.2, -0.15) is 5.10 Å². The van der Waals surface area contributed by atoms with Gasteiger partial charge >= 0.3 is 5.97 Å². The number of nitrogens with two attached hydrogens (primary N) is 1. The fourth-order valence-electron chi connectivity index (χ4n) is 4.05. The van der Waals surface area contributed by atoms with Crippen molar-refractivity contribution in [1.29, 1.82) is 0 Å². The van der Waals surface area contributed by atoms with Crippen molar-refractivity contribution in [3.63, 3.8) is 0 Å². The van der Waals surface area contributed by atoms with Gasteiger partial charge in [-0.25, -0.2) is 22.7 Å². The average molecular weight is 536 g/mol. The minimum absolute atomic E-state index is 0.00116. The first-order chi connectivity index (χ1) is 16.8. The highest BCUT2D eigenvalue weighted by Crippen LogP contribution is 2.28. The molecule has 1 amide bonds. The lowest BCUT2D eigenvalue weighted by Crippen LogP contribution is -2.31. The number of nitrogens with one attached hydrogen (secondary N) is 1. The fourth-order valence-corrected chi connectivity index (χ4v) is 4.80. The van der Waals surface area contributed by atoms with E-state index in [1.165, 1.54) is 33.8 Å². The van der Waals surface area contributed by atoms with Crippen LogP contribution in [0.3, 0.4) is 0 Å². The van der Waals surface area contributed by atoms with E-state index in [4.69, 9.17) is 17.3 Å². The number of rotatable bonds is 7. The van der Waals surface area contributed by atoms with E-state index in [-0.39, 0.29) is 27.9 Å². The summed E-state index contributed by atoms with van der Waals surface area (Å²) in [6.07, 6.45) is 3.12. The molecule has 1 saturated heterocycles. The molecule has 0 spiro atoms. The Morgan fingerprint density at radius 1 is 1.31 bits per heavy atom. The van der Waals surface area contributed by atoms with Crippen molar-refractivity contribution in [1.82, 2.24) is 19.5 Å². The predicted molar refractivity (Wildman–Crippen MR) is 135 cm³/mol. The number of carbonyl (C=O) groups is 2. The van der Waals surface area contributed by atoms with E-state index in [9.17, 15) is 23.1 Å². The van der Waals surface area contributed by atoms with Gasteiger partial charge in [0.25, 0.3) is 5.91 Å². The van der Waals surface area contributed by atoms with Crippen molar-refractivity contribution in [2.24, 2.45) is 5.73 Å². The van der Waals surface area contributed by atoms with Crippen LogP contribution in [0.2, 0.25) is 5.02 Å². The topological polar surface area (TPSA) is 163 Å². The molecule has 36 heavy (non-hydrogen) atoms. The Morgan fingerprint density at radius 2 is 2.03 bits per heavy atom. The van der Waals surface area contributed by atoms with Gasteiger partial charge in [0.2, 0.25) is 10.0 Å². The number of hydrogen-bond donors (Lipinski definition) is 3. The Hall–Kier alpha value is -3.42. The second-order valence-electron chi connectivity index (χ2n) is 8.81. The Kier molecular flexibility index (Phi) is 6.82. The normalized spacial score (nSPS) is 16.8.